The van der Waals surface area contributed by atoms with Crippen LogP contribution >= 0.6 is 22.9 Å². The highest BCUT2D eigenvalue weighted by Crippen LogP contribution is 2.36. The molecule has 4 aromatic rings. The minimum atomic E-state index is -3.52. The summed E-state index contributed by atoms with van der Waals surface area (Å²) in [6, 6.07) is 12.4. The van der Waals surface area contributed by atoms with Gasteiger partial charge in [-0.15, -0.1) is 21.5 Å². The first kappa shape index (κ1) is 23.2. The largest absolute Gasteiger partial charge is 0.494 e. The van der Waals surface area contributed by atoms with Gasteiger partial charge in [-0.1, -0.05) is 29.8 Å². The van der Waals surface area contributed by atoms with Gasteiger partial charge in [0.15, 0.2) is 21.5 Å². The highest BCUT2D eigenvalue weighted by atomic mass is 35.5. The van der Waals surface area contributed by atoms with Crippen molar-refractivity contribution >= 4 is 32.8 Å². The van der Waals surface area contributed by atoms with Crippen LogP contribution < -0.4 is 9.47 Å². The van der Waals surface area contributed by atoms with E-state index in [9.17, 15) is 8.42 Å². The molecule has 2 heterocycles. The number of halogens is 1. The summed E-state index contributed by atoms with van der Waals surface area (Å²) in [5.41, 5.74) is 3.65. The lowest BCUT2D eigenvalue weighted by Crippen LogP contribution is -2.16. The maximum Gasteiger partial charge on any atom is 0.188 e. The van der Waals surface area contributed by atoms with Crippen LogP contribution in [0.2, 0.25) is 5.02 Å². The molecule has 0 saturated heterocycles. The molecular weight excluding hydrogens is 484 g/mol. The second-order valence-electron chi connectivity index (χ2n) is 7.13. The summed E-state index contributed by atoms with van der Waals surface area (Å²) in [4.78, 5) is 4.33. The molecule has 0 radical (unpaired) electrons. The Morgan fingerprint density at radius 1 is 1.03 bits per heavy atom. The molecule has 0 aliphatic heterocycles. The van der Waals surface area contributed by atoms with Crippen LogP contribution in [-0.4, -0.2) is 48.1 Å². The molecule has 33 heavy (non-hydrogen) atoms. The Kier molecular flexibility index (Phi) is 6.96. The minimum Gasteiger partial charge on any atom is -0.494 e. The van der Waals surface area contributed by atoms with E-state index in [0.717, 1.165) is 5.56 Å². The molecule has 0 fully saturated rings. The Hall–Kier alpha value is -2.95. The van der Waals surface area contributed by atoms with Crippen LogP contribution in [0.4, 0.5) is 0 Å². The predicted octanol–water partition coefficient (Wildman–Crippen LogP) is 4.22. The standard InChI is InChI=1S/C22H21ClN4O4S2/c1-30-18-4-3-5-19(31-2)21(18)27-20(25-26-22(27)17-12-32-14-24-17)13-33(28,29)11-10-15-6-8-16(23)9-7-15/h3-9,12,14H,10-11,13H2,1-2H3. The summed E-state index contributed by atoms with van der Waals surface area (Å²) >= 11 is 7.32. The van der Waals surface area contributed by atoms with E-state index >= 15 is 0 Å². The molecule has 4 rings (SSSR count). The van der Waals surface area contributed by atoms with Crippen molar-refractivity contribution < 1.29 is 17.9 Å². The third kappa shape index (κ3) is 5.18. The van der Waals surface area contributed by atoms with Gasteiger partial charge in [0.1, 0.15) is 28.6 Å². The van der Waals surface area contributed by atoms with Gasteiger partial charge in [-0.3, -0.25) is 4.57 Å². The second-order valence-corrected chi connectivity index (χ2v) is 10.5. The van der Waals surface area contributed by atoms with E-state index in [4.69, 9.17) is 21.1 Å². The van der Waals surface area contributed by atoms with E-state index in [-0.39, 0.29) is 17.3 Å². The minimum absolute atomic E-state index is 0.0451. The Labute approximate surface area is 200 Å². The highest BCUT2D eigenvalue weighted by Gasteiger charge is 2.26. The van der Waals surface area contributed by atoms with Gasteiger partial charge in [-0.2, -0.15) is 0 Å². The van der Waals surface area contributed by atoms with Crippen molar-refractivity contribution in [1.29, 1.82) is 0 Å². The number of aryl methyl sites for hydroxylation is 1. The van der Waals surface area contributed by atoms with Gasteiger partial charge >= 0.3 is 0 Å². The van der Waals surface area contributed by atoms with Crippen molar-refractivity contribution in [2.75, 3.05) is 20.0 Å². The number of ether oxygens (including phenoxy) is 2. The maximum atomic E-state index is 13.0. The molecule has 0 aliphatic rings. The number of methoxy groups -OCH3 is 2. The Balaban J connectivity index is 1.73. The molecule has 2 aromatic heterocycles. The van der Waals surface area contributed by atoms with E-state index in [1.165, 1.54) is 25.6 Å². The Bertz CT molecular complexity index is 1320. The molecule has 11 heteroatoms. The number of para-hydroxylation sites is 1. The molecule has 0 amide bonds. The van der Waals surface area contributed by atoms with Crippen LogP contribution in [0.1, 0.15) is 11.4 Å². The lowest BCUT2D eigenvalue weighted by molar-refractivity contribution is 0.390. The van der Waals surface area contributed by atoms with Crippen LogP contribution in [0.25, 0.3) is 17.2 Å². The van der Waals surface area contributed by atoms with Gasteiger partial charge in [0.05, 0.1) is 25.5 Å². The summed E-state index contributed by atoms with van der Waals surface area (Å²) in [5.74, 6) is 1.28. The quantitative estimate of drug-likeness (QED) is 0.336. The van der Waals surface area contributed by atoms with Crippen LogP contribution in [0.5, 0.6) is 11.5 Å². The monoisotopic (exact) mass is 504 g/mol. The van der Waals surface area contributed by atoms with Crippen LogP contribution in [0, 0.1) is 0 Å². The summed E-state index contributed by atoms with van der Waals surface area (Å²) < 4.78 is 38.8. The zero-order valence-electron chi connectivity index (χ0n) is 17.9. The first-order valence-electron chi connectivity index (χ1n) is 9.91. The number of nitrogens with zero attached hydrogens (tertiary/aromatic N) is 4. The van der Waals surface area contributed by atoms with Crippen molar-refractivity contribution in [2.24, 2.45) is 0 Å². The lowest BCUT2D eigenvalue weighted by Gasteiger charge is -2.17. The van der Waals surface area contributed by atoms with Gasteiger partial charge < -0.3 is 9.47 Å². The van der Waals surface area contributed by atoms with Crippen molar-refractivity contribution in [1.82, 2.24) is 19.7 Å². The number of aromatic nitrogens is 4. The van der Waals surface area contributed by atoms with E-state index in [0.29, 0.717) is 40.1 Å². The number of hydrogen-bond acceptors (Lipinski definition) is 8. The van der Waals surface area contributed by atoms with Crippen LogP contribution in [0.3, 0.4) is 0 Å². The van der Waals surface area contributed by atoms with Gasteiger partial charge in [0.2, 0.25) is 0 Å². The second kappa shape index (κ2) is 9.90. The molecule has 0 atom stereocenters. The zero-order valence-corrected chi connectivity index (χ0v) is 20.3. The van der Waals surface area contributed by atoms with Gasteiger partial charge in [0.25, 0.3) is 0 Å². The summed E-state index contributed by atoms with van der Waals surface area (Å²) in [5, 5.41) is 10.9. The fraction of sp³-hybridized carbons (Fsp3) is 0.227. The number of rotatable bonds is 9. The average molecular weight is 505 g/mol. The molecule has 0 spiro atoms. The summed E-state index contributed by atoms with van der Waals surface area (Å²) in [7, 11) is -0.453. The summed E-state index contributed by atoms with van der Waals surface area (Å²) in [6.45, 7) is 0. The summed E-state index contributed by atoms with van der Waals surface area (Å²) in [6.07, 6.45) is 0.366. The van der Waals surface area contributed by atoms with Crippen molar-refractivity contribution in [3.05, 3.63) is 69.8 Å². The zero-order chi connectivity index (χ0) is 23.4. The number of benzene rings is 2. The van der Waals surface area contributed by atoms with Gasteiger partial charge in [0, 0.05) is 10.4 Å². The topological polar surface area (TPSA) is 96.2 Å². The Morgan fingerprint density at radius 3 is 2.33 bits per heavy atom. The first-order valence-corrected chi connectivity index (χ1v) is 13.0. The SMILES string of the molecule is COc1cccc(OC)c1-n1c(CS(=O)(=O)CCc2ccc(Cl)cc2)nnc1-c1cscn1. The van der Waals surface area contributed by atoms with Crippen molar-refractivity contribution in [3.63, 3.8) is 0 Å². The predicted molar refractivity (Wildman–Crippen MR) is 128 cm³/mol. The number of sulfone groups is 1. The first-order chi connectivity index (χ1) is 15.9. The maximum absolute atomic E-state index is 13.0. The molecule has 0 N–H and O–H groups in total. The molecule has 0 unspecified atom stereocenters. The molecular formula is C22H21ClN4O4S2. The van der Waals surface area contributed by atoms with Crippen LogP contribution in [-0.2, 0) is 22.0 Å². The van der Waals surface area contributed by atoms with Gasteiger partial charge in [-0.25, -0.2) is 13.4 Å². The molecule has 0 saturated carbocycles. The van der Waals surface area contributed by atoms with E-state index in [1.807, 2.05) is 17.5 Å². The van der Waals surface area contributed by atoms with Crippen molar-refractivity contribution in [2.45, 2.75) is 12.2 Å². The fourth-order valence-corrected chi connectivity index (χ4v) is 5.31. The van der Waals surface area contributed by atoms with E-state index < -0.39 is 9.84 Å². The molecule has 172 valence electrons. The van der Waals surface area contributed by atoms with E-state index in [1.54, 1.807) is 40.4 Å². The third-order valence-electron chi connectivity index (χ3n) is 4.98. The number of thiazole rings is 1. The molecule has 2 aromatic carbocycles. The van der Waals surface area contributed by atoms with E-state index in [2.05, 4.69) is 15.2 Å². The van der Waals surface area contributed by atoms with Crippen molar-refractivity contribution in [3.8, 4) is 28.7 Å². The molecule has 8 nitrogen and oxygen atoms in total. The fourth-order valence-electron chi connectivity index (χ4n) is 3.38. The van der Waals surface area contributed by atoms with Crippen LogP contribution in [0.15, 0.2) is 53.4 Å². The molecule has 0 bridgehead atoms. The Morgan fingerprint density at radius 2 is 1.73 bits per heavy atom. The normalized spacial score (nSPS) is 11.5. The lowest BCUT2D eigenvalue weighted by atomic mass is 10.2. The number of hydrogen-bond donors (Lipinski definition) is 0. The average Bonchev–Trinajstić information content (AvgIpc) is 3.48. The van der Waals surface area contributed by atoms with Gasteiger partial charge in [-0.05, 0) is 36.2 Å². The smallest absolute Gasteiger partial charge is 0.188 e. The molecule has 0 aliphatic carbocycles. The highest BCUT2D eigenvalue weighted by molar-refractivity contribution is 7.90. The third-order valence-corrected chi connectivity index (χ3v) is 7.34.